The Kier molecular flexibility index (Phi) is 4.80. The zero-order valence-electron chi connectivity index (χ0n) is 11.5. The summed E-state index contributed by atoms with van der Waals surface area (Å²) in [5.74, 6) is 0.676. The Morgan fingerprint density at radius 3 is 2.59 bits per heavy atom. The number of nitrogens with two attached hydrogens (primary N) is 1. The number of carbonyl (C=O) groups excluding carboxylic acids is 1. The maximum absolute atomic E-state index is 11.7. The van der Waals surface area contributed by atoms with Crippen molar-refractivity contribution in [2.24, 2.45) is 11.7 Å². The number of alkyl carbamates (subject to hydrolysis) is 1. The quantitative estimate of drug-likeness (QED) is 0.781. The molecule has 1 aliphatic rings. The number of hydrogen-bond acceptors (Lipinski definition) is 3. The minimum absolute atomic E-state index is 0.0588. The van der Waals surface area contributed by atoms with E-state index in [9.17, 15) is 4.79 Å². The van der Waals surface area contributed by atoms with Gasteiger partial charge < -0.3 is 15.8 Å². The highest BCUT2D eigenvalue weighted by atomic mass is 16.6. The van der Waals surface area contributed by atoms with Crippen LogP contribution in [0.3, 0.4) is 0 Å². The summed E-state index contributed by atoms with van der Waals surface area (Å²) < 4.78 is 5.25. The minimum atomic E-state index is -0.451. The lowest BCUT2D eigenvalue weighted by Gasteiger charge is -2.34. The van der Waals surface area contributed by atoms with E-state index in [2.05, 4.69) is 12.2 Å². The van der Waals surface area contributed by atoms with Crippen molar-refractivity contribution >= 4 is 6.09 Å². The third-order valence-corrected chi connectivity index (χ3v) is 3.29. The van der Waals surface area contributed by atoms with Crippen LogP contribution in [-0.2, 0) is 4.74 Å². The monoisotopic (exact) mass is 242 g/mol. The molecule has 0 radical (unpaired) electrons. The van der Waals surface area contributed by atoms with Gasteiger partial charge in [0.25, 0.3) is 0 Å². The molecule has 0 aromatic carbocycles. The smallest absolute Gasteiger partial charge is 0.407 e. The molecule has 1 saturated carbocycles. The summed E-state index contributed by atoms with van der Waals surface area (Å²) in [5, 5.41) is 2.90. The van der Waals surface area contributed by atoms with Gasteiger partial charge in [0.15, 0.2) is 0 Å². The highest BCUT2D eigenvalue weighted by Crippen LogP contribution is 2.26. The summed E-state index contributed by atoms with van der Waals surface area (Å²) in [5.41, 5.74) is 5.59. The maximum Gasteiger partial charge on any atom is 0.407 e. The zero-order valence-corrected chi connectivity index (χ0v) is 11.5. The van der Waals surface area contributed by atoms with Gasteiger partial charge >= 0.3 is 6.09 Å². The number of carbonyl (C=O) groups is 1. The highest BCUT2D eigenvalue weighted by molar-refractivity contribution is 5.68. The van der Waals surface area contributed by atoms with Gasteiger partial charge in [0, 0.05) is 12.1 Å². The van der Waals surface area contributed by atoms with Crippen LogP contribution in [0.5, 0.6) is 0 Å². The molecule has 100 valence electrons. The molecule has 4 heteroatoms. The number of amides is 1. The van der Waals surface area contributed by atoms with Crippen LogP contribution in [0, 0.1) is 5.92 Å². The first-order chi connectivity index (χ1) is 7.81. The van der Waals surface area contributed by atoms with Gasteiger partial charge in [-0.2, -0.15) is 0 Å². The van der Waals surface area contributed by atoms with E-state index in [1.54, 1.807) is 0 Å². The number of hydrogen-bond donors (Lipinski definition) is 2. The molecule has 1 rings (SSSR count). The first-order valence-corrected chi connectivity index (χ1v) is 6.57. The molecule has 1 fully saturated rings. The second-order valence-electron chi connectivity index (χ2n) is 6.00. The maximum atomic E-state index is 11.7. The Bertz CT molecular complexity index is 261. The third kappa shape index (κ3) is 4.94. The van der Waals surface area contributed by atoms with Crippen molar-refractivity contribution < 1.29 is 9.53 Å². The fourth-order valence-electron chi connectivity index (χ4n) is 2.28. The SMILES string of the molecule is CC[C@H]1CC[C@H](N)[C@H](NC(=O)OC(C)(C)C)C1. The van der Waals surface area contributed by atoms with E-state index in [1.807, 2.05) is 20.8 Å². The van der Waals surface area contributed by atoms with Gasteiger partial charge in [-0.3, -0.25) is 0 Å². The molecule has 0 spiro atoms. The molecule has 1 aliphatic carbocycles. The standard InChI is InChI=1S/C13H26N2O2/c1-5-9-6-7-10(14)11(8-9)15-12(16)17-13(2,3)4/h9-11H,5-8,14H2,1-4H3,(H,15,16)/t9-,10-,11+/m0/s1. The topological polar surface area (TPSA) is 64.3 Å². The van der Waals surface area contributed by atoms with Crippen LogP contribution >= 0.6 is 0 Å². The van der Waals surface area contributed by atoms with Gasteiger partial charge in [-0.1, -0.05) is 13.3 Å². The molecule has 3 atom stereocenters. The van der Waals surface area contributed by atoms with Gasteiger partial charge in [-0.15, -0.1) is 0 Å². The summed E-state index contributed by atoms with van der Waals surface area (Å²) in [6, 6.07) is 0.119. The predicted octanol–water partition coefficient (Wildman–Crippen LogP) is 2.42. The van der Waals surface area contributed by atoms with E-state index >= 15 is 0 Å². The summed E-state index contributed by atoms with van der Waals surface area (Å²) in [4.78, 5) is 11.7. The molecule has 1 amide bonds. The van der Waals surface area contributed by atoms with Gasteiger partial charge in [0.2, 0.25) is 0 Å². The van der Waals surface area contributed by atoms with E-state index in [0.717, 1.165) is 19.3 Å². The summed E-state index contributed by atoms with van der Waals surface area (Å²) in [7, 11) is 0. The Hall–Kier alpha value is -0.770. The normalized spacial score (nSPS) is 29.8. The van der Waals surface area contributed by atoms with Crippen LogP contribution < -0.4 is 11.1 Å². The Labute approximate surface area is 104 Å². The van der Waals surface area contributed by atoms with Crippen LogP contribution in [0.1, 0.15) is 53.4 Å². The third-order valence-electron chi connectivity index (χ3n) is 3.29. The Morgan fingerprint density at radius 1 is 1.41 bits per heavy atom. The van der Waals surface area contributed by atoms with Gasteiger partial charge in [0.05, 0.1) is 0 Å². The van der Waals surface area contributed by atoms with E-state index in [1.165, 1.54) is 6.42 Å². The largest absolute Gasteiger partial charge is 0.444 e. The highest BCUT2D eigenvalue weighted by Gasteiger charge is 2.29. The summed E-state index contributed by atoms with van der Waals surface area (Å²) in [6.07, 6.45) is 3.92. The fourth-order valence-corrected chi connectivity index (χ4v) is 2.28. The molecule has 0 heterocycles. The molecule has 0 aromatic rings. The number of nitrogens with one attached hydrogen (secondary N) is 1. The van der Waals surface area contributed by atoms with Gasteiger partial charge in [-0.25, -0.2) is 4.79 Å². The van der Waals surface area contributed by atoms with Crippen molar-refractivity contribution in [2.45, 2.75) is 71.1 Å². The predicted molar refractivity (Wildman–Crippen MR) is 68.8 cm³/mol. The molecule has 17 heavy (non-hydrogen) atoms. The first-order valence-electron chi connectivity index (χ1n) is 6.57. The lowest BCUT2D eigenvalue weighted by molar-refractivity contribution is 0.0475. The summed E-state index contributed by atoms with van der Waals surface area (Å²) in [6.45, 7) is 7.78. The van der Waals surface area contributed by atoms with Crippen LogP contribution in [0.2, 0.25) is 0 Å². The van der Waals surface area contributed by atoms with Crippen LogP contribution in [0.15, 0.2) is 0 Å². The van der Waals surface area contributed by atoms with Crippen molar-refractivity contribution in [2.75, 3.05) is 0 Å². The number of rotatable bonds is 2. The van der Waals surface area contributed by atoms with Gasteiger partial charge in [-0.05, 0) is 46.0 Å². The molecule has 3 N–H and O–H groups in total. The minimum Gasteiger partial charge on any atom is -0.444 e. The molecule has 0 bridgehead atoms. The van der Waals surface area contributed by atoms with Crippen molar-refractivity contribution in [3.63, 3.8) is 0 Å². The second kappa shape index (κ2) is 5.71. The Balaban J connectivity index is 2.46. The van der Waals surface area contributed by atoms with E-state index < -0.39 is 5.60 Å². The lowest BCUT2D eigenvalue weighted by Crippen LogP contribution is -2.52. The Morgan fingerprint density at radius 2 is 2.06 bits per heavy atom. The van der Waals surface area contributed by atoms with Gasteiger partial charge in [0.1, 0.15) is 5.60 Å². The van der Waals surface area contributed by atoms with Crippen LogP contribution in [0.25, 0.3) is 0 Å². The number of ether oxygens (including phenoxy) is 1. The van der Waals surface area contributed by atoms with E-state index in [4.69, 9.17) is 10.5 Å². The van der Waals surface area contributed by atoms with E-state index in [-0.39, 0.29) is 18.2 Å². The average molecular weight is 242 g/mol. The summed E-state index contributed by atoms with van der Waals surface area (Å²) >= 11 is 0. The fraction of sp³-hybridized carbons (Fsp3) is 0.923. The molecule has 0 aliphatic heterocycles. The van der Waals surface area contributed by atoms with Crippen molar-refractivity contribution in [1.29, 1.82) is 0 Å². The van der Waals surface area contributed by atoms with Crippen molar-refractivity contribution in [3.8, 4) is 0 Å². The first kappa shape index (κ1) is 14.3. The van der Waals surface area contributed by atoms with E-state index in [0.29, 0.717) is 5.92 Å². The van der Waals surface area contributed by atoms with Crippen molar-refractivity contribution in [1.82, 2.24) is 5.32 Å². The van der Waals surface area contributed by atoms with Crippen LogP contribution in [0.4, 0.5) is 4.79 Å². The molecule has 0 unspecified atom stereocenters. The lowest BCUT2D eigenvalue weighted by atomic mass is 9.81. The molecule has 0 saturated heterocycles. The molecule has 4 nitrogen and oxygen atoms in total. The van der Waals surface area contributed by atoms with Crippen molar-refractivity contribution in [3.05, 3.63) is 0 Å². The second-order valence-corrected chi connectivity index (χ2v) is 6.00. The molecule has 0 aromatic heterocycles. The molecular formula is C13H26N2O2. The zero-order chi connectivity index (χ0) is 13.1. The average Bonchev–Trinajstić information content (AvgIpc) is 2.18. The van der Waals surface area contributed by atoms with Crippen LogP contribution in [-0.4, -0.2) is 23.8 Å². The molecular weight excluding hydrogens is 216 g/mol.